The van der Waals surface area contributed by atoms with Crippen molar-refractivity contribution in [1.82, 2.24) is 10.6 Å². The second kappa shape index (κ2) is 14.6. The summed E-state index contributed by atoms with van der Waals surface area (Å²) in [6.07, 6.45) is 0.276. The molecule has 7 nitrogen and oxygen atoms in total. The molecule has 0 bridgehead atoms. The van der Waals surface area contributed by atoms with Gasteiger partial charge in [0.2, 0.25) is 0 Å². The van der Waals surface area contributed by atoms with Crippen molar-refractivity contribution in [3.8, 4) is 0 Å². The first-order valence-corrected chi connectivity index (χ1v) is 17.0. The summed E-state index contributed by atoms with van der Waals surface area (Å²) in [5.41, 5.74) is -1.22. The number of carbonyl (C=O) groups excluding carboxylic acids is 2. The van der Waals surface area contributed by atoms with Crippen molar-refractivity contribution in [1.29, 1.82) is 0 Å². The lowest BCUT2D eigenvalue weighted by atomic mass is 9.97. The molecule has 234 valence electrons. The fourth-order valence-electron chi connectivity index (χ4n) is 5.07. The van der Waals surface area contributed by atoms with Crippen LogP contribution >= 0.6 is 0 Å². The molecule has 42 heavy (non-hydrogen) atoms. The molecule has 0 aliphatic rings. The molecular formula is C34H54N2O5Si. The summed E-state index contributed by atoms with van der Waals surface area (Å²) in [5, 5.41) is 8.25. The molecule has 2 aromatic carbocycles. The molecule has 0 fully saturated rings. The number of nitrogens with one attached hydrogen (secondary N) is 2. The fourth-order valence-corrected chi connectivity index (χ4v) is 9.68. The number of hydrogen-bond donors (Lipinski definition) is 2. The zero-order valence-electron chi connectivity index (χ0n) is 27.7. The lowest BCUT2D eigenvalue weighted by Crippen LogP contribution is -2.67. The first-order valence-electron chi connectivity index (χ1n) is 15.1. The van der Waals surface area contributed by atoms with E-state index in [1.807, 2.05) is 53.7 Å². The molecule has 0 aromatic heterocycles. The van der Waals surface area contributed by atoms with Gasteiger partial charge >= 0.3 is 12.2 Å². The quantitative estimate of drug-likeness (QED) is 0.278. The van der Waals surface area contributed by atoms with Gasteiger partial charge in [0.05, 0.1) is 12.6 Å². The average Bonchev–Trinajstić information content (AvgIpc) is 2.84. The van der Waals surface area contributed by atoms with Crippen LogP contribution in [0, 0.1) is 5.92 Å². The zero-order valence-corrected chi connectivity index (χ0v) is 28.7. The van der Waals surface area contributed by atoms with Crippen molar-refractivity contribution in [2.24, 2.45) is 5.92 Å². The van der Waals surface area contributed by atoms with E-state index in [1.165, 1.54) is 10.4 Å². The van der Waals surface area contributed by atoms with Gasteiger partial charge in [-0.2, -0.15) is 0 Å². The minimum atomic E-state index is -2.82. The second-order valence-electron chi connectivity index (χ2n) is 14.4. The number of alkyl carbamates (subject to hydrolysis) is 2. The molecule has 0 aliphatic heterocycles. The molecule has 0 heterocycles. The van der Waals surface area contributed by atoms with Crippen molar-refractivity contribution in [2.45, 2.75) is 117 Å². The highest BCUT2D eigenvalue weighted by molar-refractivity contribution is 6.99. The topological polar surface area (TPSA) is 85.9 Å². The van der Waals surface area contributed by atoms with E-state index in [0.29, 0.717) is 19.4 Å². The Morgan fingerprint density at radius 1 is 0.690 bits per heavy atom. The lowest BCUT2D eigenvalue weighted by molar-refractivity contribution is 0.0451. The molecule has 0 spiro atoms. The number of amides is 2. The minimum Gasteiger partial charge on any atom is -0.444 e. The van der Waals surface area contributed by atoms with Crippen LogP contribution in [-0.4, -0.2) is 50.4 Å². The normalized spacial score (nSPS) is 14.2. The SMILES string of the molecule is CC(C)C(CCC(CO[Si](c1ccccc1)(c1ccccc1)C(C)(C)C)NC(=O)OC(C)(C)C)NC(=O)OC(C)(C)C. The Balaban J connectivity index is 2.40. The Bertz CT molecular complexity index is 1080. The maximum absolute atomic E-state index is 13.0. The number of hydrogen-bond acceptors (Lipinski definition) is 5. The van der Waals surface area contributed by atoms with E-state index in [1.54, 1.807) is 0 Å². The van der Waals surface area contributed by atoms with Crippen LogP contribution in [0.15, 0.2) is 60.7 Å². The Morgan fingerprint density at radius 3 is 1.50 bits per heavy atom. The summed E-state index contributed by atoms with van der Waals surface area (Å²) in [4.78, 5) is 25.6. The van der Waals surface area contributed by atoms with Crippen molar-refractivity contribution in [3.63, 3.8) is 0 Å². The predicted octanol–water partition coefficient (Wildman–Crippen LogP) is 6.79. The van der Waals surface area contributed by atoms with Crippen molar-refractivity contribution in [3.05, 3.63) is 60.7 Å². The van der Waals surface area contributed by atoms with Crippen molar-refractivity contribution in [2.75, 3.05) is 6.61 Å². The van der Waals surface area contributed by atoms with Gasteiger partial charge in [0.15, 0.2) is 0 Å². The van der Waals surface area contributed by atoms with Crippen LogP contribution in [0.3, 0.4) is 0 Å². The Kier molecular flexibility index (Phi) is 12.3. The Hall–Kier alpha value is -2.84. The van der Waals surface area contributed by atoms with Gasteiger partial charge in [-0.15, -0.1) is 0 Å². The predicted molar refractivity (Wildman–Crippen MR) is 174 cm³/mol. The third-order valence-corrected chi connectivity index (χ3v) is 12.0. The van der Waals surface area contributed by atoms with E-state index in [0.717, 1.165) is 0 Å². The van der Waals surface area contributed by atoms with Gasteiger partial charge in [-0.3, -0.25) is 0 Å². The van der Waals surface area contributed by atoms with Gasteiger partial charge < -0.3 is 24.5 Å². The number of benzene rings is 2. The highest BCUT2D eigenvalue weighted by Crippen LogP contribution is 2.37. The van der Waals surface area contributed by atoms with Gasteiger partial charge in [-0.25, -0.2) is 9.59 Å². The van der Waals surface area contributed by atoms with Crippen molar-refractivity contribution < 1.29 is 23.5 Å². The van der Waals surface area contributed by atoms with Gasteiger partial charge in [-0.1, -0.05) is 95.3 Å². The summed E-state index contributed by atoms with van der Waals surface area (Å²) >= 11 is 0. The van der Waals surface area contributed by atoms with Crippen LogP contribution < -0.4 is 21.0 Å². The zero-order chi connectivity index (χ0) is 31.8. The fraction of sp³-hybridized carbons (Fsp3) is 0.588. The number of carbonyl (C=O) groups is 2. The maximum Gasteiger partial charge on any atom is 0.407 e. The van der Waals surface area contributed by atoms with Gasteiger partial charge in [0.1, 0.15) is 11.2 Å². The number of ether oxygens (including phenoxy) is 2. The van der Waals surface area contributed by atoms with E-state index in [9.17, 15) is 9.59 Å². The van der Waals surface area contributed by atoms with Crippen LogP contribution in [-0.2, 0) is 13.9 Å². The minimum absolute atomic E-state index is 0.143. The molecular weight excluding hydrogens is 544 g/mol. The summed E-state index contributed by atoms with van der Waals surface area (Å²) < 4.78 is 18.3. The monoisotopic (exact) mass is 598 g/mol. The summed E-state index contributed by atoms with van der Waals surface area (Å²) in [6, 6.07) is 20.4. The van der Waals surface area contributed by atoms with Gasteiger partial charge in [0, 0.05) is 6.04 Å². The van der Waals surface area contributed by atoms with E-state index in [-0.39, 0.29) is 23.0 Å². The third-order valence-electron chi connectivity index (χ3n) is 6.97. The highest BCUT2D eigenvalue weighted by atomic mass is 28.4. The van der Waals surface area contributed by atoms with Crippen LogP contribution in [0.5, 0.6) is 0 Å². The van der Waals surface area contributed by atoms with Crippen LogP contribution in [0.1, 0.15) is 89.0 Å². The highest BCUT2D eigenvalue weighted by Gasteiger charge is 2.50. The molecule has 2 N–H and O–H groups in total. The number of rotatable bonds is 11. The molecule has 0 radical (unpaired) electrons. The molecule has 2 aromatic rings. The molecule has 2 rings (SSSR count). The Morgan fingerprint density at radius 2 is 1.12 bits per heavy atom. The van der Waals surface area contributed by atoms with Crippen molar-refractivity contribution >= 4 is 30.9 Å². The van der Waals surface area contributed by atoms with E-state index < -0.39 is 31.7 Å². The summed E-state index contributed by atoms with van der Waals surface area (Å²) in [5.74, 6) is 0.164. The first kappa shape index (κ1) is 35.4. The van der Waals surface area contributed by atoms with E-state index in [2.05, 4.69) is 93.8 Å². The van der Waals surface area contributed by atoms with Gasteiger partial charge in [-0.05, 0) is 75.7 Å². The molecule has 8 heteroatoms. The van der Waals surface area contributed by atoms with Crippen LogP contribution in [0.2, 0.25) is 5.04 Å². The first-order chi connectivity index (χ1) is 19.3. The smallest absolute Gasteiger partial charge is 0.407 e. The van der Waals surface area contributed by atoms with E-state index in [4.69, 9.17) is 13.9 Å². The van der Waals surface area contributed by atoms with E-state index >= 15 is 0 Å². The molecule has 2 atom stereocenters. The summed E-state index contributed by atoms with van der Waals surface area (Å²) in [7, 11) is -2.82. The largest absolute Gasteiger partial charge is 0.444 e. The molecule has 0 saturated heterocycles. The lowest BCUT2D eigenvalue weighted by Gasteiger charge is -2.43. The Labute approximate surface area is 255 Å². The average molecular weight is 599 g/mol. The second-order valence-corrected chi connectivity index (χ2v) is 18.7. The van der Waals surface area contributed by atoms with Crippen LogP contribution in [0.4, 0.5) is 9.59 Å². The maximum atomic E-state index is 13.0. The third kappa shape index (κ3) is 10.8. The summed E-state index contributed by atoms with van der Waals surface area (Å²) in [6.45, 7) is 22.2. The molecule has 0 saturated carbocycles. The molecule has 2 amide bonds. The van der Waals surface area contributed by atoms with Gasteiger partial charge in [0.25, 0.3) is 8.32 Å². The molecule has 0 aliphatic carbocycles. The standard InChI is InChI=1S/C34H54N2O5Si/c1-25(2)29(36-31(38)41-33(6,7)8)23-22-26(35-30(37)40-32(3,4)5)24-39-42(34(9,10)11,27-18-14-12-15-19-27)28-20-16-13-17-21-28/h12-21,25-26,29H,22-24H2,1-11H3,(H,35,37)(H,36,38). The van der Waals surface area contributed by atoms with Crippen LogP contribution in [0.25, 0.3) is 0 Å². The molecule has 2 unspecified atom stereocenters.